The number of hydrogen-bond acceptors (Lipinski definition) is 2. The van der Waals surface area contributed by atoms with E-state index in [4.69, 9.17) is 4.74 Å². The second-order valence-corrected chi connectivity index (χ2v) is 5.93. The lowest BCUT2D eigenvalue weighted by atomic mass is 10.1. The van der Waals surface area contributed by atoms with Gasteiger partial charge in [0.15, 0.2) is 0 Å². The van der Waals surface area contributed by atoms with Crippen LogP contribution in [-0.2, 0) is 4.79 Å². The van der Waals surface area contributed by atoms with Crippen LogP contribution in [0.2, 0.25) is 0 Å². The van der Waals surface area contributed by atoms with Crippen molar-refractivity contribution in [2.75, 3.05) is 0 Å². The van der Waals surface area contributed by atoms with E-state index in [-0.39, 0.29) is 5.97 Å². The lowest BCUT2D eigenvalue weighted by Gasteiger charge is -2.06. The molecule has 0 saturated carbocycles. The summed E-state index contributed by atoms with van der Waals surface area (Å²) in [6, 6.07) is 13.8. The highest BCUT2D eigenvalue weighted by Crippen LogP contribution is 2.21. The summed E-state index contributed by atoms with van der Waals surface area (Å²) in [7, 11) is 0. The second kappa shape index (κ2) is 9.83. The maximum absolute atomic E-state index is 11.9. The zero-order valence-corrected chi connectivity index (χ0v) is 13.8. The molecule has 2 rings (SSSR count). The third-order valence-electron chi connectivity index (χ3n) is 3.99. The van der Waals surface area contributed by atoms with Crippen molar-refractivity contribution in [3.05, 3.63) is 55.1 Å². The zero-order chi connectivity index (χ0) is 16.3. The Labute approximate surface area is 139 Å². The molecular weight excluding hydrogens is 284 g/mol. The predicted molar refractivity (Wildman–Crippen MR) is 96.7 cm³/mol. The predicted octanol–water partition coefficient (Wildman–Crippen LogP) is 6.05. The Morgan fingerprint density at radius 2 is 1.61 bits per heavy atom. The van der Waals surface area contributed by atoms with E-state index in [1.807, 2.05) is 42.5 Å². The van der Waals surface area contributed by atoms with E-state index >= 15 is 0 Å². The van der Waals surface area contributed by atoms with Crippen molar-refractivity contribution in [1.82, 2.24) is 0 Å². The van der Waals surface area contributed by atoms with Crippen LogP contribution >= 0.6 is 0 Å². The van der Waals surface area contributed by atoms with E-state index in [1.54, 1.807) is 0 Å². The van der Waals surface area contributed by atoms with Gasteiger partial charge in [0.25, 0.3) is 0 Å². The van der Waals surface area contributed by atoms with Crippen LogP contribution in [0.5, 0.6) is 5.75 Å². The largest absolute Gasteiger partial charge is 0.427 e. The van der Waals surface area contributed by atoms with E-state index < -0.39 is 0 Å². The van der Waals surface area contributed by atoms with Crippen LogP contribution in [0.3, 0.4) is 0 Å². The van der Waals surface area contributed by atoms with Gasteiger partial charge in [-0.15, -0.1) is 6.58 Å². The molecule has 2 aromatic carbocycles. The third-order valence-corrected chi connectivity index (χ3v) is 3.99. The monoisotopic (exact) mass is 310 g/mol. The Morgan fingerprint density at radius 1 is 0.913 bits per heavy atom. The number of carbonyl (C=O) groups excluding carboxylic acids is 1. The van der Waals surface area contributed by atoms with Gasteiger partial charge >= 0.3 is 5.97 Å². The van der Waals surface area contributed by atoms with E-state index in [0.717, 1.165) is 30.0 Å². The van der Waals surface area contributed by atoms with Crippen LogP contribution in [0.1, 0.15) is 51.4 Å². The Hall–Kier alpha value is -2.09. The van der Waals surface area contributed by atoms with Crippen molar-refractivity contribution in [2.45, 2.75) is 51.4 Å². The molecule has 0 spiro atoms. The van der Waals surface area contributed by atoms with Crippen molar-refractivity contribution < 1.29 is 9.53 Å². The van der Waals surface area contributed by atoms with E-state index in [1.165, 1.54) is 25.7 Å². The molecule has 2 heteroatoms. The summed E-state index contributed by atoms with van der Waals surface area (Å²) in [5.74, 6) is 0.505. The van der Waals surface area contributed by atoms with Gasteiger partial charge in [-0.05, 0) is 42.2 Å². The second-order valence-electron chi connectivity index (χ2n) is 5.93. The van der Waals surface area contributed by atoms with Gasteiger partial charge in [0, 0.05) is 6.42 Å². The van der Waals surface area contributed by atoms with Gasteiger partial charge in [-0.1, -0.05) is 62.1 Å². The minimum atomic E-state index is -0.132. The first-order chi connectivity index (χ1) is 11.3. The van der Waals surface area contributed by atoms with Crippen LogP contribution in [0.4, 0.5) is 0 Å². The number of rotatable bonds is 10. The molecule has 0 amide bonds. The molecule has 2 aromatic rings. The maximum atomic E-state index is 11.9. The highest BCUT2D eigenvalue weighted by Gasteiger charge is 2.05. The molecule has 0 heterocycles. The molecule has 122 valence electrons. The molecule has 0 aliphatic heterocycles. The Kier molecular flexibility index (Phi) is 7.38. The lowest BCUT2D eigenvalue weighted by Crippen LogP contribution is -2.07. The number of allylic oxidation sites excluding steroid dienone is 1. The maximum Gasteiger partial charge on any atom is 0.311 e. The summed E-state index contributed by atoms with van der Waals surface area (Å²) >= 11 is 0. The lowest BCUT2D eigenvalue weighted by molar-refractivity contribution is -0.134. The van der Waals surface area contributed by atoms with Crippen molar-refractivity contribution >= 4 is 16.7 Å². The number of carbonyl (C=O) groups is 1. The Balaban J connectivity index is 1.65. The number of benzene rings is 2. The SMILES string of the molecule is C=CCCCCCCCCC(=O)Oc1ccc2ccccc2c1. The number of ether oxygens (including phenoxy) is 1. The van der Waals surface area contributed by atoms with Crippen molar-refractivity contribution in [3.8, 4) is 5.75 Å². The number of hydrogen-bond donors (Lipinski definition) is 0. The van der Waals surface area contributed by atoms with Gasteiger partial charge < -0.3 is 4.74 Å². The summed E-state index contributed by atoms with van der Waals surface area (Å²) < 4.78 is 5.43. The third kappa shape index (κ3) is 6.27. The molecular formula is C21H26O2. The summed E-state index contributed by atoms with van der Waals surface area (Å²) in [5.41, 5.74) is 0. The zero-order valence-electron chi connectivity index (χ0n) is 13.8. The van der Waals surface area contributed by atoms with Gasteiger partial charge in [-0.2, -0.15) is 0 Å². The molecule has 0 radical (unpaired) electrons. The fourth-order valence-electron chi connectivity index (χ4n) is 2.68. The van der Waals surface area contributed by atoms with Gasteiger partial charge in [-0.25, -0.2) is 0 Å². The number of unbranched alkanes of at least 4 members (excludes halogenated alkanes) is 6. The van der Waals surface area contributed by atoms with Crippen LogP contribution in [0.15, 0.2) is 55.1 Å². The van der Waals surface area contributed by atoms with Gasteiger partial charge in [0.05, 0.1) is 0 Å². The molecule has 0 aliphatic rings. The fourth-order valence-corrected chi connectivity index (χ4v) is 2.68. The van der Waals surface area contributed by atoms with Gasteiger partial charge in [0.1, 0.15) is 5.75 Å². The first-order valence-electron chi connectivity index (χ1n) is 8.60. The van der Waals surface area contributed by atoms with E-state index in [2.05, 4.69) is 12.6 Å². The highest BCUT2D eigenvalue weighted by molar-refractivity contribution is 5.84. The van der Waals surface area contributed by atoms with Crippen LogP contribution < -0.4 is 4.74 Å². The van der Waals surface area contributed by atoms with Crippen LogP contribution in [0, 0.1) is 0 Å². The molecule has 0 saturated heterocycles. The van der Waals surface area contributed by atoms with Crippen molar-refractivity contribution in [1.29, 1.82) is 0 Å². The number of esters is 1. The summed E-state index contributed by atoms with van der Waals surface area (Å²) in [5, 5.41) is 2.25. The summed E-state index contributed by atoms with van der Waals surface area (Å²) in [4.78, 5) is 11.9. The fraction of sp³-hybridized carbons (Fsp3) is 0.381. The minimum absolute atomic E-state index is 0.132. The molecule has 0 unspecified atom stereocenters. The average Bonchev–Trinajstić information content (AvgIpc) is 2.57. The molecule has 0 aromatic heterocycles. The molecule has 0 bridgehead atoms. The summed E-state index contributed by atoms with van der Waals surface area (Å²) in [6.45, 7) is 3.73. The first kappa shape index (κ1) is 17.3. The van der Waals surface area contributed by atoms with Crippen molar-refractivity contribution in [3.63, 3.8) is 0 Å². The normalized spacial score (nSPS) is 10.6. The Bertz CT molecular complexity index is 631. The van der Waals surface area contributed by atoms with Gasteiger partial charge in [0.2, 0.25) is 0 Å². The quantitative estimate of drug-likeness (QED) is 0.231. The first-order valence-corrected chi connectivity index (χ1v) is 8.60. The van der Waals surface area contributed by atoms with Crippen LogP contribution in [0.25, 0.3) is 10.8 Å². The standard InChI is InChI=1S/C21H26O2/c1-2-3-4-5-6-7-8-9-14-21(22)23-20-16-15-18-12-10-11-13-19(18)17-20/h2,10-13,15-17H,1,3-9,14H2. The van der Waals surface area contributed by atoms with Gasteiger partial charge in [-0.3, -0.25) is 4.79 Å². The summed E-state index contributed by atoms with van der Waals surface area (Å²) in [6.07, 6.45) is 10.5. The Morgan fingerprint density at radius 3 is 2.39 bits per heavy atom. The molecule has 23 heavy (non-hydrogen) atoms. The minimum Gasteiger partial charge on any atom is -0.427 e. The number of fused-ring (bicyclic) bond motifs is 1. The molecule has 0 aliphatic carbocycles. The van der Waals surface area contributed by atoms with Crippen molar-refractivity contribution in [2.24, 2.45) is 0 Å². The van der Waals surface area contributed by atoms with E-state index in [9.17, 15) is 4.79 Å². The molecule has 0 fully saturated rings. The molecule has 0 atom stereocenters. The topological polar surface area (TPSA) is 26.3 Å². The average molecular weight is 310 g/mol. The molecule has 0 N–H and O–H groups in total. The molecule has 2 nitrogen and oxygen atoms in total. The van der Waals surface area contributed by atoms with Crippen LogP contribution in [-0.4, -0.2) is 5.97 Å². The highest BCUT2D eigenvalue weighted by atomic mass is 16.5. The van der Waals surface area contributed by atoms with E-state index in [0.29, 0.717) is 12.2 Å². The smallest absolute Gasteiger partial charge is 0.311 e.